The van der Waals surface area contributed by atoms with Crippen LogP contribution in [-0.4, -0.2) is 92.4 Å². The van der Waals surface area contributed by atoms with Crippen molar-refractivity contribution in [1.29, 1.82) is 0 Å². The van der Waals surface area contributed by atoms with Gasteiger partial charge in [0, 0.05) is 17.5 Å². The summed E-state index contributed by atoms with van der Waals surface area (Å²) in [5, 5.41) is 5.56. The SMILES string of the molecule is COC1=C(OC)CC(P(c2cc(OC)c(OC)c(OC)c2)c2cccc(OC)c2-c2c(OC)cccc2P(c2cc(OC)c(OC)c(OC)c2)c2cc(OC)c(OC)c(OC)c2)=C1. The molecule has 0 saturated heterocycles. The number of ether oxygens (including phenoxy) is 13. The number of rotatable bonds is 20. The van der Waals surface area contributed by atoms with Crippen LogP contribution in [0.3, 0.4) is 0 Å². The topological polar surface area (TPSA) is 120 Å². The second-order valence-corrected chi connectivity index (χ2v) is 18.0. The Kier molecular flexibility index (Phi) is 15.3. The average molecular weight is 901 g/mol. The number of methoxy groups -OCH3 is 13. The molecule has 1 aliphatic rings. The summed E-state index contributed by atoms with van der Waals surface area (Å²) in [5.74, 6) is 6.97. The highest BCUT2D eigenvalue weighted by Gasteiger charge is 2.35. The summed E-state index contributed by atoms with van der Waals surface area (Å²) in [7, 11) is 18.0. The molecule has 63 heavy (non-hydrogen) atoms. The van der Waals surface area contributed by atoms with E-state index in [1.54, 1.807) is 92.4 Å². The quantitative estimate of drug-likeness (QED) is 0.0722. The molecule has 0 saturated carbocycles. The molecule has 0 N–H and O–H groups in total. The third-order valence-corrected chi connectivity index (χ3v) is 15.5. The van der Waals surface area contributed by atoms with Crippen molar-refractivity contribution in [2.24, 2.45) is 0 Å². The van der Waals surface area contributed by atoms with Gasteiger partial charge in [0.25, 0.3) is 0 Å². The van der Waals surface area contributed by atoms with Crippen LogP contribution < -0.4 is 78.6 Å². The van der Waals surface area contributed by atoms with E-state index < -0.39 is 15.8 Å². The summed E-state index contributed by atoms with van der Waals surface area (Å²) in [6.07, 6.45) is 2.54. The Morgan fingerprint density at radius 3 is 0.968 bits per heavy atom. The van der Waals surface area contributed by atoms with Crippen molar-refractivity contribution in [3.05, 3.63) is 95.7 Å². The molecule has 0 aliphatic heterocycles. The van der Waals surface area contributed by atoms with Crippen LogP contribution in [-0.2, 0) is 9.47 Å². The lowest BCUT2D eigenvalue weighted by Crippen LogP contribution is -2.25. The third kappa shape index (κ3) is 8.77. The molecule has 1 aliphatic carbocycles. The fourth-order valence-electron chi connectivity index (χ4n) is 7.75. The van der Waals surface area contributed by atoms with E-state index in [9.17, 15) is 0 Å². The predicted molar refractivity (Wildman–Crippen MR) is 249 cm³/mol. The molecule has 5 aromatic carbocycles. The largest absolute Gasteiger partial charge is 0.497 e. The van der Waals surface area contributed by atoms with Crippen LogP contribution in [0.15, 0.2) is 95.7 Å². The maximum Gasteiger partial charge on any atom is 0.203 e. The van der Waals surface area contributed by atoms with Crippen molar-refractivity contribution < 1.29 is 61.6 Å². The van der Waals surface area contributed by atoms with E-state index in [0.717, 1.165) is 43.0 Å². The van der Waals surface area contributed by atoms with Gasteiger partial charge in [-0.05, 0) is 102 Å². The lowest BCUT2D eigenvalue weighted by Gasteiger charge is -2.30. The summed E-state index contributed by atoms with van der Waals surface area (Å²) in [4.78, 5) is 0. The van der Waals surface area contributed by atoms with Crippen molar-refractivity contribution in [3.8, 4) is 74.4 Å². The van der Waals surface area contributed by atoms with Gasteiger partial charge in [-0.2, -0.15) is 0 Å². The molecule has 0 bridgehead atoms. The molecule has 15 heteroatoms. The van der Waals surface area contributed by atoms with Gasteiger partial charge in [0.15, 0.2) is 40.3 Å². The molecule has 334 valence electrons. The van der Waals surface area contributed by atoms with Crippen LogP contribution >= 0.6 is 15.8 Å². The lowest BCUT2D eigenvalue weighted by atomic mass is 10.0. The molecule has 6 rings (SSSR count). The Bertz CT molecular complexity index is 2360. The van der Waals surface area contributed by atoms with Gasteiger partial charge in [-0.3, -0.25) is 0 Å². The molecule has 0 heterocycles. The number of hydrogen-bond acceptors (Lipinski definition) is 13. The molecular weight excluding hydrogens is 846 g/mol. The molecule has 13 nitrogen and oxygen atoms in total. The van der Waals surface area contributed by atoms with Crippen LogP contribution in [0.5, 0.6) is 63.2 Å². The first kappa shape index (κ1) is 46.3. The third-order valence-electron chi connectivity index (χ3n) is 10.6. The Balaban J connectivity index is 1.78. The first-order valence-corrected chi connectivity index (χ1v) is 22.2. The monoisotopic (exact) mass is 900 g/mol. The first-order valence-electron chi connectivity index (χ1n) is 19.5. The molecule has 1 atom stereocenters. The van der Waals surface area contributed by atoms with Crippen LogP contribution in [0.2, 0.25) is 0 Å². The first-order chi connectivity index (χ1) is 30.7. The van der Waals surface area contributed by atoms with E-state index in [4.69, 9.17) is 61.6 Å². The minimum atomic E-state index is -1.57. The van der Waals surface area contributed by atoms with Gasteiger partial charge >= 0.3 is 0 Å². The second kappa shape index (κ2) is 20.8. The van der Waals surface area contributed by atoms with Crippen LogP contribution in [0.4, 0.5) is 0 Å². The highest BCUT2D eigenvalue weighted by molar-refractivity contribution is 7.80. The number of benzene rings is 5. The summed E-state index contributed by atoms with van der Waals surface area (Å²) in [6.45, 7) is 0. The maximum atomic E-state index is 6.36. The average Bonchev–Trinajstić information content (AvgIpc) is 3.75. The molecule has 0 amide bonds. The molecule has 5 aromatic rings. The number of allylic oxidation sites excluding steroid dienone is 2. The Labute approximate surface area is 371 Å². The van der Waals surface area contributed by atoms with Gasteiger partial charge in [-0.15, -0.1) is 0 Å². The normalized spacial score (nSPS) is 12.6. The minimum absolute atomic E-state index is 0.460. The molecular formula is C48H54O13P2. The summed E-state index contributed by atoms with van der Waals surface area (Å²) in [5.41, 5.74) is 1.61. The summed E-state index contributed by atoms with van der Waals surface area (Å²) in [6, 6.07) is 24.0. The van der Waals surface area contributed by atoms with Gasteiger partial charge in [0.05, 0.1) is 92.4 Å². The zero-order valence-corrected chi connectivity index (χ0v) is 39.7. The van der Waals surface area contributed by atoms with Gasteiger partial charge in [0.1, 0.15) is 17.3 Å². The van der Waals surface area contributed by atoms with E-state index in [1.165, 1.54) is 0 Å². The van der Waals surface area contributed by atoms with Crippen LogP contribution in [0.25, 0.3) is 11.1 Å². The second-order valence-electron chi connectivity index (χ2n) is 13.5. The zero-order valence-electron chi connectivity index (χ0n) is 37.9. The van der Waals surface area contributed by atoms with E-state index in [-0.39, 0.29) is 0 Å². The van der Waals surface area contributed by atoms with Gasteiger partial charge in [0.2, 0.25) is 17.2 Å². The zero-order chi connectivity index (χ0) is 45.4. The fourth-order valence-corrected chi connectivity index (χ4v) is 12.9. The fraction of sp³-hybridized carbons (Fsp3) is 0.292. The highest BCUT2D eigenvalue weighted by atomic mass is 31.1. The Morgan fingerprint density at radius 1 is 0.349 bits per heavy atom. The smallest absolute Gasteiger partial charge is 0.203 e. The predicted octanol–water partition coefficient (Wildman–Crippen LogP) is 7.43. The molecule has 0 fully saturated rings. The molecule has 0 radical (unpaired) electrons. The Morgan fingerprint density at radius 2 is 0.683 bits per heavy atom. The lowest BCUT2D eigenvalue weighted by molar-refractivity contribution is 0.231. The van der Waals surface area contributed by atoms with Crippen molar-refractivity contribution in [2.45, 2.75) is 6.42 Å². The van der Waals surface area contributed by atoms with Crippen molar-refractivity contribution in [3.63, 3.8) is 0 Å². The van der Waals surface area contributed by atoms with E-state index in [1.807, 2.05) is 60.7 Å². The standard InChI is InChI=1S/C48H54O13P2/c1-49-32-16-14-18-42(62(28-20-34(51-3)35(21-28)52-4)29-22-36(53-5)46(59-11)37(23-29)54-6)44(32)45-33(50-2)17-15-19-43(45)63(30-24-38(55-7)47(60-12)39(25-30)56-8)31-26-40(57-9)48(61-13)41(27-31)58-10/h14-20,22-27H,21H2,1-13H3. The Hall–Kier alpha value is -6.16. The van der Waals surface area contributed by atoms with Crippen molar-refractivity contribution >= 4 is 42.4 Å². The van der Waals surface area contributed by atoms with Crippen LogP contribution in [0, 0.1) is 0 Å². The minimum Gasteiger partial charge on any atom is -0.497 e. The highest BCUT2D eigenvalue weighted by Crippen LogP contribution is 2.56. The summed E-state index contributed by atoms with van der Waals surface area (Å²) >= 11 is 0. The van der Waals surface area contributed by atoms with Gasteiger partial charge in [-0.25, -0.2) is 0 Å². The summed E-state index contributed by atoms with van der Waals surface area (Å²) < 4.78 is 77.5. The van der Waals surface area contributed by atoms with Crippen LogP contribution in [0.1, 0.15) is 6.42 Å². The molecule has 0 aromatic heterocycles. The van der Waals surface area contributed by atoms with Crippen molar-refractivity contribution in [2.75, 3.05) is 92.4 Å². The molecule has 1 unspecified atom stereocenters. The van der Waals surface area contributed by atoms with E-state index >= 15 is 0 Å². The van der Waals surface area contributed by atoms with Crippen molar-refractivity contribution in [1.82, 2.24) is 0 Å². The van der Waals surface area contributed by atoms with Gasteiger partial charge in [-0.1, -0.05) is 24.3 Å². The molecule has 0 spiro atoms. The van der Waals surface area contributed by atoms with E-state index in [2.05, 4.69) is 18.2 Å². The van der Waals surface area contributed by atoms with Gasteiger partial charge < -0.3 is 61.6 Å². The maximum absolute atomic E-state index is 6.36. The number of hydrogen-bond donors (Lipinski definition) is 0. The van der Waals surface area contributed by atoms with E-state index in [0.29, 0.717) is 81.2 Å².